The van der Waals surface area contributed by atoms with Gasteiger partial charge in [-0.3, -0.25) is 0 Å². The zero-order valence-electron chi connectivity index (χ0n) is 6.01. The second-order valence-corrected chi connectivity index (χ2v) is 3.63. The molecule has 4 heteroatoms. The number of aliphatic hydroxyl groups is 4. The maximum atomic E-state index is 9.36. The van der Waals surface area contributed by atoms with Crippen molar-refractivity contribution in [2.45, 2.75) is 24.7 Å². The average Bonchev–Trinajstić information content (AvgIpc) is 2.71. The summed E-state index contributed by atoms with van der Waals surface area (Å²) < 4.78 is 0. The van der Waals surface area contributed by atoms with E-state index in [2.05, 4.69) is 0 Å². The second kappa shape index (κ2) is 1.95. The second-order valence-electron chi connectivity index (χ2n) is 3.63. The third-order valence-electron chi connectivity index (χ3n) is 3.15. The zero-order chi connectivity index (χ0) is 8.22. The van der Waals surface area contributed by atoms with Gasteiger partial charge in [0.2, 0.25) is 0 Å². The molecule has 0 aromatic heterocycles. The Hall–Kier alpha value is -0.160. The normalized spacial score (nSPS) is 61.1. The molecule has 2 aliphatic carbocycles. The SMILES string of the molecule is OC[C@@]12C[C@@H]1[C@@H](O)C(O)C2O. The highest BCUT2D eigenvalue weighted by atomic mass is 16.4. The van der Waals surface area contributed by atoms with E-state index in [4.69, 9.17) is 10.2 Å². The fourth-order valence-corrected chi connectivity index (χ4v) is 2.19. The van der Waals surface area contributed by atoms with Crippen molar-refractivity contribution in [1.29, 1.82) is 0 Å². The van der Waals surface area contributed by atoms with Gasteiger partial charge < -0.3 is 20.4 Å². The van der Waals surface area contributed by atoms with Gasteiger partial charge >= 0.3 is 0 Å². The fraction of sp³-hybridized carbons (Fsp3) is 1.00. The molecule has 0 radical (unpaired) electrons. The Morgan fingerprint density at radius 3 is 2.09 bits per heavy atom. The van der Waals surface area contributed by atoms with E-state index < -0.39 is 23.7 Å². The van der Waals surface area contributed by atoms with Crippen molar-refractivity contribution in [3.63, 3.8) is 0 Å². The summed E-state index contributed by atoms with van der Waals surface area (Å²) in [7, 11) is 0. The lowest BCUT2D eigenvalue weighted by molar-refractivity contribution is -0.0563. The molecule has 2 rings (SSSR count). The third kappa shape index (κ3) is 0.679. The van der Waals surface area contributed by atoms with E-state index >= 15 is 0 Å². The first-order valence-electron chi connectivity index (χ1n) is 3.78. The monoisotopic (exact) mass is 160 g/mol. The lowest BCUT2D eigenvalue weighted by Gasteiger charge is -2.19. The molecule has 4 N–H and O–H groups in total. The predicted molar refractivity (Wildman–Crippen MR) is 35.6 cm³/mol. The molecule has 0 aromatic carbocycles. The summed E-state index contributed by atoms with van der Waals surface area (Å²) in [5.74, 6) is -0.0995. The molecule has 5 atom stereocenters. The molecule has 0 saturated heterocycles. The highest BCUT2D eigenvalue weighted by Crippen LogP contribution is 2.62. The molecule has 0 aromatic rings. The minimum Gasteiger partial charge on any atom is -0.396 e. The molecule has 4 nitrogen and oxygen atoms in total. The predicted octanol–water partition coefficient (Wildman–Crippen LogP) is -1.92. The number of fused-ring (bicyclic) bond motifs is 1. The standard InChI is InChI=1S/C7H12O4/c8-2-7-1-3(7)4(9)5(10)6(7)11/h3-6,8-11H,1-2H2/t3-,4-,5?,6?,7+/m1/s1. The lowest BCUT2D eigenvalue weighted by atomic mass is 10.0. The van der Waals surface area contributed by atoms with Crippen molar-refractivity contribution in [3.05, 3.63) is 0 Å². The average molecular weight is 160 g/mol. The van der Waals surface area contributed by atoms with Crippen LogP contribution in [0.5, 0.6) is 0 Å². The quantitative estimate of drug-likeness (QED) is 0.360. The zero-order valence-corrected chi connectivity index (χ0v) is 6.01. The van der Waals surface area contributed by atoms with Crippen LogP contribution in [0.3, 0.4) is 0 Å². The Kier molecular flexibility index (Phi) is 1.33. The van der Waals surface area contributed by atoms with E-state index in [0.29, 0.717) is 6.42 Å². The van der Waals surface area contributed by atoms with Crippen LogP contribution in [0, 0.1) is 11.3 Å². The fourth-order valence-electron chi connectivity index (χ4n) is 2.19. The van der Waals surface area contributed by atoms with Crippen molar-refractivity contribution < 1.29 is 20.4 Å². The molecule has 64 valence electrons. The van der Waals surface area contributed by atoms with Crippen LogP contribution in [-0.2, 0) is 0 Å². The smallest absolute Gasteiger partial charge is 0.107 e. The summed E-state index contributed by atoms with van der Waals surface area (Å²) in [6, 6.07) is 0. The van der Waals surface area contributed by atoms with Crippen LogP contribution in [0.2, 0.25) is 0 Å². The summed E-state index contributed by atoms with van der Waals surface area (Å²) in [5.41, 5.74) is -0.584. The maximum Gasteiger partial charge on any atom is 0.107 e. The molecule has 0 bridgehead atoms. The minimum atomic E-state index is -1.07. The molecule has 0 spiro atoms. The number of hydrogen-bond donors (Lipinski definition) is 4. The maximum absolute atomic E-state index is 9.36. The van der Waals surface area contributed by atoms with Gasteiger partial charge in [-0.1, -0.05) is 0 Å². The van der Waals surface area contributed by atoms with Crippen LogP contribution in [0.4, 0.5) is 0 Å². The summed E-state index contributed by atoms with van der Waals surface area (Å²) in [4.78, 5) is 0. The molecule has 2 fully saturated rings. The van der Waals surface area contributed by atoms with E-state index in [1.54, 1.807) is 0 Å². The van der Waals surface area contributed by atoms with Crippen LogP contribution < -0.4 is 0 Å². The van der Waals surface area contributed by atoms with Crippen molar-refractivity contribution in [1.82, 2.24) is 0 Å². The van der Waals surface area contributed by atoms with Gasteiger partial charge in [0.05, 0.1) is 18.8 Å². The van der Waals surface area contributed by atoms with Gasteiger partial charge in [-0.25, -0.2) is 0 Å². The van der Waals surface area contributed by atoms with E-state index in [-0.39, 0.29) is 12.5 Å². The van der Waals surface area contributed by atoms with Gasteiger partial charge in [0.25, 0.3) is 0 Å². The molecular weight excluding hydrogens is 148 g/mol. The van der Waals surface area contributed by atoms with E-state index in [1.807, 2.05) is 0 Å². The van der Waals surface area contributed by atoms with Crippen molar-refractivity contribution >= 4 is 0 Å². The Labute approximate surface area is 64.1 Å². The van der Waals surface area contributed by atoms with Gasteiger partial charge in [0.15, 0.2) is 0 Å². The number of aliphatic hydroxyl groups excluding tert-OH is 4. The first-order valence-corrected chi connectivity index (χ1v) is 3.78. The van der Waals surface area contributed by atoms with Gasteiger partial charge in [-0.05, 0) is 12.3 Å². The highest BCUT2D eigenvalue weighted by Gasteiger charge is 2.70. The van der Waals surface area contributed by atoms with Gasteiger partial charge in [-0.15, -0.1) is 0 Å². The topological polar surface area (TPSA) is 80.9 Å². The van der Waals surface area contributed by atoms with E-state index in [1.165, 1.54) is 0 Å². The van der Waals surface area contributed by atoms with Gasteiger partial charge in [0, 0.05) is 5.41 Å². The first-order chi connectivity index (χ1) is 5.13. The molecule has 0 amide bonds. The van der Waals surface area contributed by atoms with E-state index in [0.717, 1.165) is 0 Å². The number of hydrogen-bond acceptors (Lipinski definition) is 4. The highest BCUT2D eigenvalue weighted by molar-refractivity contribution is 5.19. The molecule has 0 heterocycles. The number of rotatable bonds is 1. The lowest BCUT2D eigenvalue weighted by Crippen LogP contribution is -2.36. The molecule has 11 heavy (non-hydrogen) atoms. The van der Waals surface area contributed by atoms with Crippen LogP contribution in [0.15, 0.2) is 0 Å². The summed E-state index contributed by atoms with van der Waals surface area (Å²) in [6.45, 7) is -0.146. The van der Waals surface area contributed by atoms with E-state index in [9.17, 15) is 10.2 Å². The van der Waals surface area contributed by atoms with Crippen molar-refractivity contribution in [2.75, 3.05) is 6.61 Å². The van der Waals surface area contributed by atoms with Crippen molar-refractivity contribution in [2.24, 2.45) is 11.3 Å². The van der Waals surface area contributed by atoms with Crippen LogP contribution in [0.1, 0.15) is 6.42 Å². The molecule has 2 unspecified atom stereocenters. The molecular formula is C7H12O4. The summed E-state index contributed by atoms with van der Waals surface area (Å²) >= 11 is 0. The Morgan fingerprint density at radius 1 is 1.18 bits per heavy atom. The van der Waals surface area contributed by atoms with Gasteiger partial charge in [0.1, 0.15) is 6.10 Å². The minimum absolute atomic E-state index is 0.0995. The Balaban J connectivity index is 2.21. The molecule has 2 saturated carbocycles. The largest absolute Gasteiger partial charge is 0.396 e. The Morgan fingerprint density at radius 2 is 1.82 bits per heavy atom. The molecule has 2 aliphatic rings. The first kappa shape index (κ1) is 7.49. The van der Waals surface area contributed by atoms with Crippen LogP contribution in [0.25, 0.3) is 0 Å². The summed E-state index contributed by atoms with van der Waals surface area (Å²) in [6.07, 6.45) is -2.24. The van der Waals surface area contributed by atoms with Crippen LogP contribution in [-0.4, -0.2) is 45.3 Å². The summed E-state index contributed by atoms with van der Waals surface area (Å²) in [5, 5.41) is 36.7. The third-order valence-corrected chi connectivity index (χ3v) is 3.15. The Bertz CT molecular complexity index is 181. The van der Waals surface area contributed by atoms with Crippen LogP contribution >= 0.6 is 0 Å². The molecule has 0 aliphatic heterocycles. The van der Waals surface area contributed by atoms with Crippen molar-refractivity contribution in [3.8, 4) is 0 Å². The van der Waals surface area contributed by atoms with Gasteiger partial charge in [-0.2, -0.15) is 0 Å².